The van der Waals surface area contributed by atoms with Crippen LogP contribution in [-0.2, 0) is 0 Å². The van der Waals surface area contributed by atoms with E-state index in [-0.39, 0.29) is 11.7 Å². The summed E-state index contributed by atoms with van der Waals surface area (Å²) in [6, 6.07) is 11.4. The topological polar surface area (TPSA) is 59.0 Å². The van der Waals surface area contributed by atoms with Crippen LogP contribution in [-0.4, -0.2) is 43.2 Å². The molecular formula is C20H23NO4. The highest BCUT2D eigenvalue weighted by molar-refractivity contribution is 5.98. The SMILES string of the molecule is COc1ccc(C2CCN(C(=O)c3cc(C)cc(OC)c3O)C2)cc1. The molecule has 1 fully saturated rings. The summed E-state index contributed by atoms with van der Waals surface area (Å²) in [6.07, 6.45) is 0.905. The Labute approximate surface area is 147 Å². The van der Waals surface area contributed by atoms with Gasteiger partial charge in [-0.1, -0.05) is 12.1 Å². The van der Waals surface area contributed by atoms with Crippen molar-refractivity contribution in [2.24, 2.45) is 0 Å². The summed E-state index contributed by atoms with van der Waals surface area (Å²) in [6.45, 7) is 3.19. The van der Waals surface area contributed by atoms with Gasteiger partial charge in [-0.25, -0.2) is 0 Å². The van der Waals surface area contributed by atoms with Gasteiger partial charge < -0.3 is 19.5 Å². The Hall–Kier alpha value is -2.69. The third kappa shape index (κ3) is 3.40. The Balaban J connectivity index is 1.77. The van der Waals surface area contributed by atoms with Crippen molar-refractivity contribution in [3.8, 4) is 17.2 Å². The molecule has 25 heavy (non-hydrogen) atoms. The van der Waals surface area contributed by atoms with E-state index in [2.05, 4.69) is 0 Å². The summed E-state index contributed by atoms with van der Waals surface area (Å²) in [5.74, 6) is 1.20. The number of methoxy groups -OCH3 is 2. The highest BCUT2D eigenvalue weighted by atomic mass is 16.5. The number of ether oxygens (including phenoxy) is 2. The number of carbonyl (C=O) groups is 1. The van der Waals surface area contributed by atoms with Gasteiger partial charge in [0.1, 0.15) is 5.75 Å². The highest BCUT2D eigenvalue weighted by Gasteiger charge is 2.30. The molecule has 1 saturated heterocycles. The van der Waals surface area contributed by atoms with Gasteiger partial charge in [0.25, 0.3) is 5.91 Å². The molecule has 1 N–H and O–H groups in total. The van der Waals surface area contributed by atoms with Crippen molar-refractivity contribution in [3.63, 3.8) is 0 Å². The first kappa shape index (κ1) is 17.1. The van der Waals surface area contributed by atoms with Gasteiger partial charge in [-0.15, -0.1) is 0 Å². The molecule has 1 unspecified atom stereocenters. The molecule has 0 bridgehead atoms. The van der Waals surface area contributed by atoms with Crippen molar-refractivity contribution in [2.45, 2.75) is 19.3 Å². The summed E-state index contributed by atoms with van der Waals surface area (Å²) in [4.78, 5) is 14.7. The van der Waals surface area contributed by atoms with Crippen LogP contribution in [0.15, 0.2) is 36.4 Å². The lowest BCUT2D eigenvalue weighted by molar-refractivity contribution is 0.0787. The quantitative estimate of drug-likeness (QED) is 0.926. The number of nitrogens with zero attached hydrogens (tertiary/aromatic N) is 1. The Morgan fingerprint density at radius 1 is 1.16 bits per heavy atom. The van der Waals surface area contributed by atoms with Gasteiger partial charge in [-0.2, -0.15) is 0 Å². The van der Waals surface area contributed by atoms with Crippen molar-refractivity contribution in [1.29, 1.82) is 0 Å². The number of phenols is 1. The minimum Gasteiger partial charge on any atom is -0.504 e. The normalized spacial score (nSPS) is 16.8. The van der Waals surface area contributed by atoms with E-state index in [4.69, 9.17) is 9.47 Å². The predicted octanol–water partition coefficient (Wildman–Crippen LogP) is 3.35. The molecule has 0 radical (unpaired) electrons. The van der Waals surface area contributed by atoms with Crippen molar-refractivity contribution >= 4 is 5.91 Å². The molecule has 2 aromatic rings. The van der Waals surface area contributed by atoms with Crippen LogP contribution in [0.3, 0.4) is 0 Å². The molecule has 1 amide bonds. The molecule has 1 aliphatic heterocycles. The number of benzene rings is 2. The maximum absolute atomic E-state index is 12.9. The minimum absolute atomic E-state index is 0.0917. The Bertz CT molecular complexity index is 770. The molecular weight excluding hydrogens is 318 g/mol. The zero-order valence-corrected chi connectivity index (χ0v) is 14.8. The molecule has 2 aromatic carbocycles. The third-order valence-corrected chi connectivity index (χ3v) is 4.73. The Morgan fingerprint density at radius 2 is 1.88 bits per heavy atom. The predicted molar refractivity (Wildman–Crippen MR) is 95.7 cm³/mol. The van der Waals surface area contributed by atoms with E-state index in [1.54, 1.807) is 24.1 Å². The van der Waals surface area contributed by atoms with Gasteiger partial charge in [0, 0.05) is 19.0 Å². The summed E-state index contributed by atoms with van der Waals surface area (Å²) in [7, 11) is 3.13. The van der Waals surface area contributed by atoms with Crippen molar-refractivity contribution in [2.75, 3.05) is 27.3 Å². The largest absolute Gasteiger partial charge is 0.504 e. The molecule has 0 saturated carbocycles. The first-order valence-electron chi connectivity index (χ1n) is 8.34. The van der Waals surface area contributed by atoms with Gasteiger partial charge in [-0.3, -0.25) is 4.79 Å². The fraction of sp³-hybridized carbons (Fsp3) is 0.350. The summed E-state index contributed by atoms with van der Waals surface area (Å²) in [5.41, 5.74) is 2.37. The number of aromatic hydroxyl groups is 1. The van der Waals surface area contributed by atoms with Crippen LogP contribution < -0.4 is 9.47 Å². The minimum atomic E-state index is -0.157. The first-order valence-corrected chi connectivity index (χ1v) is 8.34. The lowest BCUT2D eigenvalue weighted by atomic mass is 9.98. The van der Waals surface area contributed by atoms with E-state index in [0.717, 1.165) is 17.7 Å². The summed E-state index contributed by atoms with van der Waals surface area (Å²) in [5, 5.41) is 10.3. The molecule has 5 heteroatoms. The van der Waals surface area contributed by atoms with Gasteiger partial charge in [0.2, 0.25) is 0 Å². The molecule has 3 rings (SSSR count). The Morgan fingerprint density at radius 3 is 2.52 bits per heavy atom. The lowest BCUT2D eigenvalue weighted by Crippen LogP contribution is -2.28. The van der Waals surface area contributed by atoms with Crippen LogP contribution in [0.2, 0.25) is 0 Å². The number of rotatable bonds is 4. The van der Waals surface area contributed by atoms with Crippen LogP contribution in [0.1, 0.15) is 33.8 Å². The standard InChI is InChI=1S/C20H23NO4/c1-13-10-17(19(22)18(11-13)25-3)20(23)21-9-8-15(12-21)14-4-6-16(24-2)7-5-14/h4-7,10-11,15,22H,8-9,12H2,1-3H3. The molecule has 5 nitrogen and oxygen atoms in total. The number of hydrogen-bond donors (Lipinski definition) is 1. The molecule has 1 heterocycles. The number of phenolic OH excluding ortho intramolecular Hbond substituents is 1. The molecule has 1 aliphatic rings. The van der Waals surface area contributed by atoms with E-state index in [9.17, 15) is 9.90 Å². The van der Waals surface area contributed by atoms with Crippen LogP contribution in [0, 0.1) is 6.92 Å². The molecule has 0 spiro atoms. The maximum atomic E-state index is 12.9. The third-order valence-electron chi connectivity index (χ3n) is 4.73. The number of amides is 1. The maximum Gasteiger partial charge on any atom is 0.257 e. The van der Waals surface area contributed by atoms with Crippen LogP contribution in [0.4, 0.5) is 0 Å². The van der Waals surface area contributed by atoms with Gasteiger partial charge in [-0.05, 0) is 48.7 Å². The second kappa shape index (κ2) is 7.05. The van der Waals surface area contributed by atoms with E-state index in [1.165, 1.54) is 12.7 Å². The average Bonchev–Trinajstić information content (AvgIpc) is 3.13. The van der Waals surface area contributed by atoms with E-state index < -0.39 is 0 Å². The fourth-order valence-corrected chi connectivity index (χ4v) is 3.33. The zero-order valence-electron chi connectivity index (χ0n) is 14.8. The van der Waals surface area contributed by atoms with E-state index in [1.807, 2.05) is 31.2 Å². The monoisotopic (exact) mass is 341 g/mol. The van der Waals surface area contributed by atoms with Gasteiger partial charge >= 0.3 is 0 Å². The molecule has 1 atom stereocenters. The Kier molecular flexibility index (Phi) is 4.83. The van der Waals surface area contributed by atoms with Gasteiger partial charge in [0.15, 0.2) is 11.5 Å². The highest BCUT2D eigenvalue weighted by Crippen LogP contribution is 2.34. The molecule has 132 valence electrons. The van der Waals surface area contributed by atoms with Crippen LogP contribution in [0.5, 0.6) is 17.2 Å². The van der Waals surface area contributed by atoms with Crippen LogP contribution in [0.25, 0.3) is 0 Å². The number of likely N-dealkylation sites (tertiary alicyclic amines) is 1. The fourth-order valence-electron chi connectivity index (χ4n) is 3.33. The van der Waals surface area contributed by atoms with Crippen LogP contribution >= 0.6 is 0 Å². The number of carbonyl (C=O) groups excluding carboxylic acids is 1. The average molecular weight is 341 g/mol. The van der Waals surface area contributed by atoms with E-state index in [0.29, 0.717) is 30.3 Å². The van der Waals surface area contributed by atoms with E-state index >= 15 is 0 Å². The van der Waals surface area contributed by atoms with Crippen molar-refractivity contribution in [3.05, 3.63) is 53.1 Å². The zero-order chi connectivity index (χ0) is 18.0. The molecule has 0 aromatic heterocycles. The summed E-state index contributed by atoms with van der Waals surface area (Å²) < 4.78 is 10.3. The number of hydrogen-bond acceptors (Lipinski definition) is 4. The second-order valence-electron chi connectivity index (χ2n) is 6.37. The summed E-state index contributed by atoms with van der Waals surface area (Å²) >= 11 is 0. The van der Waals surface area contributed by atoms with Crippen molar-refractivity contribution < 1.29 is 19.4 Å². The smallest absolute Gasteiger partial charge is 0.257 e. The first-order chi connectivity index (χ1) is 12.0. The molecule has 0 aliphatic carbocycles. The lowest BCUT2D eigenvalue weighted by Gasteiger charge is -2.19. The van der Waals surface area contributed by atoms with Gasteiger partial charge in [0.05, 0.1) is 19.8 Å². The number of aryl methyl sites for hydroxylation is 1. The van der Waals surface area contributed by atoms with Crippen molar-refractivity contribution in [1.82, 2.24) is 4.90 Å². The second-order valence-corrected chi connectivity index (χ2v) is 6.37.